The third kappa shape index (κ3) is 8.79. The van der Waals surface area contributed by atoms with E-state index in [0.29, 0.717) is 23.9 Å². The molecule has 3 N–H and O–H groups in total. The summed E-state index contributed by atoms with van der Waals surface area (Å²) in [4.78, 5) is 0. The van der Waals surface area contributed by atoms with Crippen molar-refractivity contribution in [1.82, 2.24) is 0 Å². The van der Waals surface area contributed by atoms with E-state index in [4.69, 9.17) is 9.47 Å². The van der Waals surface area contributed by atoms with Gasteiger partial charge in [0.2, 0.25) is 0 Å². The van der Waals surface area contributed by atoms with E-state index in [9.17, 15) is 15.3 Å². The zero-order valence-electron chi connectivity index (χ0n) is 40.8. The van der Waals surface area contributed by atoms with Crippen molar-refractivity contribution in [3.63, 3.8) is 0 Å². The Kier molecular flexibility index (Phi) is 13.4. The van der Waals surface area contributed by atoms with Crippen LogP contribution in [0.15, 0.2) is 97.1 Å². The summed E-state index contributed by atoms with van der Waals surface area (Å²) in [6, 6.07) is 35.3. The molecule has 336 valence electrons. The van der Waals surface area contributed by atoms with Crippen LogP contribution in [0.1, 0.15) is 126 Å². The Bertz CT molecular complexity index is 2840. The maximum absolute atomic E-state index is 10.9. The molecule has 2 atom stereocenters. The molecule has 5 nitrogen and oxygen atoms in total. The van der Waals surface area contributed by atoms with Crippen LogP contribution in [0.2, 0.25) is 0 Å². The molecule has 0 radical (unpaired) electrons. The van der Waals surface area contributed by atoms with Crippen molar-refractivity contribution in [2.45, 2.75) is 115 Å². The average Bonchev–Trinajstić information content (AvgIpc) is 3.30. The summed E-state index contributed by atoms with van der Waals surface area (Å²) in [5, 5.41) is 32.6. The quantitative estimate of drug-likeness (QED) is 0.0842. The highest BCUT2D eigenvalue weighted by Gasteiger charge is 2.28. The van der Waals surface area contributed by atoms with Crippen molar-refractivity contribution in [3.8, 4) is 45.3 Å². The van der Waals surface area contributed by atoms with E-state index in [1.165, 1.54) is 22.3 Å². The highest BCUT2D eigenvalue weighted by molar-refractivity contribution is 5.72. The van der Waals surface area contributed by atoms with E-state index in [0.717, 1.165) is 106 Å². The van der Waals surface area contributed by atoms with Gasteiger partial charge in [0.15, 0.2) is 6.29 Å². The Hall–Kier alpha value is -6.30. The third-order valence-electron chi connectivity index (χ3n) is 14.3. The number of aromatic hydroxyl groups is 3. The lowest BCUT2D eigenvalue weighted by Gasteiger charge is -2.28. The van der Waals surface area contributed by atoms with Crippen molar-refractivity contribution >= 4 is 0 Å². The highest BCUT2D eigenvalue weighted by atomic mass is 16.7. The number of rotatable bonds is 12. The average molecular weight is 867 g/mol. The summed E-state index contributed by atoms with van der Waals surface area (Å²) in [6.45, 7) is 29.1. The van der Waals surface area contributed by atoms with Crippen LogP contribution in [0.25, 0.3) is 22.3 Å². The van der Waals surface area contributed by atoms with Gasteiger partial charge in [-0.15, -0.1) is 0 Å². The fourth-order valence-electron chi connectivity index (χ4n) is 9.85. The second-order valence-electron chi connectivity index (χ2n) is 18.3. The van der Waals surface area contributed by atoms with Gasteiger partial charge in [0, 0.05) is 18.4 Å². The van der Waals surface area contributed by atoms with Gasteiger partial charge in [-0.1, -0.05) is 97.1 Å². The number of ether oxygens (including phenoxy) is 2. The highest BCUT2D eigenvalue weighted by Crippen LogP contribution is 2.45. The number of hydrogen-bond acceptors (Lipinski definition) is 5. The van der Waals surface area contributed by atoms with Gasteiger partial charge in [-0.25, -0.2) is 0 Å². The summed E-state index contributed by atoms with van der Waals surface area (Å²) < 4.78 is 12.1. The van der Waals surface area contributed by atoms with Crippen LogP contribution in [0.5, 0.6) is 23.0 Å². The van der Waals surface area contributed by atoms with Crippen LogP contribution in [-0.2, 0) is 4.74 Å². The Labute approximate surface area is 387 Å². The van der Waals surface area contributed by atoms with Crippen LogP contribution >= 0.6 is 0 Å². The van der Waals surface area contributed by atoms with Gasteiger partial charge in [0.05, 0.1) is 0 Å². The second kappa shape index (κ2) is 18.7. The zero-order chi connectivity index (χ0) is 47.2. The van der Waals surface area contributed by atoms with Crippen LogP contribution < -0.4 is 4.74 Å². The van der Waals surface area contributed by atoms with E-state index in [1.54, 1.807) is 0 Å². The molecule has 0 aromatic heterocycles. The van der Waals surface area contributed by atoms with E-state index in [2.05, 4.69) is 139 Å². The van der Waals surface area contributed by atoms with E-state index in [-0.39, 0.29) is 18.1 Å². The van der Waals surface area contributed by atoms with Crippen molar-refractivity contribution in [3.05, 3.63) is 197 Å². The normalized spacial score (nSPS) is 12.5. The Morgan fingerprint density at radius 3 is 0.969 bits per heavy atom. The molecule has 5 heteroatoms. The molecule has 65 heavy (non-hydrogen) atoms. The van der Waals surface area contributed by atoms with Gasteiger partial charge in [-0.3, -0.25) is 0 Å². The van der Waals surface area contributed by atoms with Gasteiger partial charge in [-0.05, 0) is 219 Å². The second-order valence-corrected chi connectivity index (χ2v) is 18.3. The van der Waals surface area contributed by atoms with Crippen molar-refractivity contribution < 1.29 is 24.8 Å². The molecule has 0 fully saturated rings. The fourth-order valence-corrected chi connectivity index (χ4v) is 9.85. The summed E-state index contributed by atoms with van der Waals surface area (Å²) in [6.07, 6.45) is -0.352. The number of phenolic OH excluding ortho intramolecular Hbond substituents is 3. The molecular weight excluding hydrogens is 801 g/mol. The van der Waals surface area contributed by atoms with Gasteiger partial charge >= 0.3 is 0 Å². The summed E-state index contributed by atoms with van der Waals surface area (Å²) in [5.74, 6) is 1.74. The first-order valence-corrected chi connectivity index (χ1v) is 22.9. The van der Waals surface area contributed by atoms with Crippen LogP contribution in [0.4, 0.5) is 0 Å². The van der Waals surface area contributed by atoms with Crippen LogP contribution in [0, 0.1) is 83.1 Å². The summed E-state index contributed by atoms with van der Waals surface area (Å²) in [7, 11) is 0. The van der Waals surface area contributed by atoms with Crippen molar-refractivity contribution in [2.75, 3.05) is 6.61 Å². The molecular formula is C60H66O5. The van der Waals surface area contributed by atoms with Gasteiger partial charge in [0.1, 0.15) is 23.0 Å². The largest absolute Gasteiger partial charge is 0.507 e. The molecule has 0 bridgehead atoms. The molecule has 2 unspecified atom stereocenters. The molecule has 0 saturated carbocycles. The smallest absolute Gasteiger partial charge is 0.196 e. The SMILES string of the molecule is CCOC(C)Oc1c(C)cc(C(c2ccc(-c3ccc(-c4ccc(C(c5cc(C)c(O)c(C)c5C)c5cc(C)c(O)c(C)c5C)cc4)cc3)cc2)c2cc(C)c(O)c(C)c2C)c(C)c1C. The minimum absolute atomic E-state index is 0.0697. The monoisotopic (exact) mass is 866 g/mol. The van der Waals surface area contributed by atoms with Gasteiger partial charge < -0.3 is 24.8 Å². The first-order chi connectivity index (χ1) is 30.8. The molecule has 0 heterocycles. The lowest BCUT2D eigenvalue weighted by molar-refractivity contribution is -0.0620. The van der Waals surface area contributed by atoms with Crippen molar-refractivity contribution in [2.24, 2.45) is 0 Å². The summed E-state index contributed by atoms with van der Waals surface area (Å²) in [5.41, 5.74) is 23.4. The molecule has 0 aliphatic rings. The molecule has 0 spiro atoms. The van der Waals surface area contributed by atoms with Crippen LogP contribution in [0.3, 0.4) is 0 Å². The zero-order valence-corrected chi connectivity index (χ0v) is 40.8. The third-order valence-corrected chi connectivity index (χ3v) is 14.3. The van der Waals surface area contributed by atoms with Gasteiger partial charge in [0.25, 0.3) is 0 Å². The number of aryl methyl sites for hydroxylation is 4. The lowest BCUT2D eigenvalue weighted by Crippen LogP contribution is -2.18. The number of phenols is 3. The maximum Gasteiger partial charge on any atom is 0.196 e. The molecule has 7 rings (SSSR count). The first-order valence-electron chi connectivity index (χ1n) is 22.9. The van der Waals surface area contributed by atoms with Crippen molar-refractivity contribution in [1.29, 1.82) is 0 Å². The molecule has 0 saturated heterocycles. The topological polar surface area (TPSA) is 79.2 Å². The predicted octanol–water partition coefficient (Wildman–Crippen LogP) is 15.0. The Balaban J connectivity index is 1.22. The molecule has 0 aliphatic heterocycles. The standard InChI is InChI=1S/C60H66O5/c1-15-64-44(14)65-60-35(5)31-54(39(9)43(60)13)56(53-30-34(4)59(63)42(12)38(53)8)50-26-22-48(23-27-50)46-18-16-45(17-19-46)47-20-24-49(25-21-47)55(51-28-32(2)57(61)40(10)36(51)6)52-29-33(3)58(62)41(11)37(52)7/h16-31,44,55-56,61-63H,15H2,1-14H3. The van der Waals surface area contributed by atoms with Gasteiger partial charge in [-0.2, -0.15) is 0 Å². The first kappa shape index (κ1) is 46.7. The molecule has 7 aromatic carbocycles. The van der Waals surface area contributed by atoms with Crippen LogP contribution in [-0.4, -0.2) is 28.2 Å². The number of benzene rings is 7. The fraction of sp³-hybridized carbons (Fsp3) is 0.300. The molecule has 7 aromatic rings. The van der Waals surface area contributed by atoms with E-state index in [1.807, 2.05) is 55.4 Å². The van der Waals surface area contributed by atoms with E-state index >= 15 is 0 Å². The molecule has 0 amide bonds. The Morgan fingerprint density at radius 2 is 0.662 bits per heavy atom. The minimum atomic E-state index is -0.352. The predicted molar refractivity (Wildman–Crippen MR) is 269 cm³/mol. The maximum atomic E-state index is 10.9. The van der Waals surface area contributed by atoms with E-state index < -0.39 is 0 Å². The number of hydrogen-bond donors (Lipinski definition) is 3. The minimum Gasteiger partial charge on any atom is -0.507 e. The molecule has 0 aliphatic carbocycles. The summed E-state index contributed by atoms with van der Waals surface area (Å²) >= 11 is 0. The Morgan fingerprint density at radius 1 is 0.385 bits per heavy atom. The lowest BCUT2D eigenvalue weighted by atomic mass is 9.78.